The van der Waals surface area contributed by atoms with Gasteiger partial charge in [0.1, 0.15) is 5.75 Å². The van der Waals surface area contributed by atoms with Gasteiger partial charge in [-0.3, -0.25) is 4.98 Å². The number of nitrogens with zero attached hydrogens (tertiary/aromatic N) is 3. The molecule has 2 aromatic heterocycles. The lowest BCUT2D eigenvalue weighted by molar-refractivity contribution is 0.0378. The third-order valence-electron chi connectivity index (χ3n) is 7.18. The van der Waals surface area contributed by atoms with Crippen molar-refractivity contribution in [1.82, 2.24) is 9.88 Å². The molecule has 1 N–H and O–H groups in total. The van der Waals surface area contributed by atoms with E-state index in [9.17, 15) is 5.11 Å². The normalized spacial score (nSPS) is 16.1. The average molecular weight is 500 g/mol. The average Bonchev–Trinajstić information content (AvgIpc) is 3.38. The second kappa shape index (κ2) is 11.8. The second-order valence-corrected chi connectivity index (χ2v) is 11.9. The van der Waals surface area contributed by atoms with E-state index in [1.807, 2.05) is 41.4 Å². The molecular weight excluding hydrogens is 462 g/mol. The van der Waals surface area contributed by atoms with Crippen LogP contribution < -0.4 is 9.64 Å². The highest BCUT2D eigenvalue weighted by Gasteiger charge is 2.33. The SMILES string of the molecule is COc1ccc2ncc(N(C)C)c(CCCC3(CO)CCN(CCSc4cccs4)CC3)c2c1. The number of anilines is 1. The Morgan fingerprint density at radius 1 is 1.24 bits per heavy atom. The highest BCUT2D eigenvalue weighted by Crippen LogP contribution is 2.38. The number of piperidine rings is 1. The number of aliphatic hydroxyl groups excluding tert-OH is 1. The minimum atomic E-state index is 0.0518. The Kier molecular flexibility index (Phi) is 8.75. The van der Waals surface area contributed by atoms with Gasteiger partial charge in [-0.15, -0.1) is 23.1 Å². The first kappa shape index (κ1) is 25.3. The van der Waals surface area contributed by atoms with Gasteiger partial charge in [0, 0.05) is 38.4 Å². The molecule has 0 bridgehead atoms. The van der Waals surface area contributed by atoms with E-state index in [4.69, 9.17) is 4.74 Å². The molecule has 1 saturated heterocycles. The number of pyridine rings is 1. The Labute approximate surface area is 212 Å². The number of hydrogen-bond donors (Lipinski definition) is 1. The predicted molar refractivity (Wildman–Crippen MR) is 146 cm³/mol. The molecule has 0 spiro atoms. The van der Waals surface area contributed by atoms with Crippen molar-refractivity contribution < 1.29 is 9.84 Å². The zero-order valence-electron chi connectivity index (χ0n) is 20.6. The minimum absolute atomic E-state index is 0.0518. The first-order valence-electron chi connectivity index (χ1n) is 12.2. The topological polar surface area (TPSA) is 48.8 Å². The summed E-state index contributed by atoms with van der Waals surface area (Å²) in [6, 6.07) is 10.4. The molecule has 1 fully saturated rings. The van der Waals surface area contributed by atoms with E-state index in [1.54, 1.807) is 7.11 Å². The molecule has 34 heavy (non-hydrogen) atoms. The van der Waals surface area contributed by atoms with Crippen LogP contribution in [0.15, 0.2) is 46.1 Å². The molecule has 4 rings (SSSR count). The fourth-order valence-corrected chi connectivity index (χ4v) is 6.85. The van der Waals surface area contributed by atoms with Crippen LogP contribution in [0.2, 0.25) is 0 Å². The summed E-state index contributed by atoms with van der Waals surface area (Å²) in [5.41, 5.74) is 3.55. The van der Waals surface area contributed by atoms with Crippen molar-refractivity contribution in [2.45, 2.75) is 36.3 Å². The van der Waals surface area contributed by atoms with Crippen LogP contribution in [0.5, 0.6) is 5.75 Å². The molecule has 1 aromatic carbocycles. The van der Waals surface area contributed by atoms with E-state index in [0.29, 0.717) is 0 Å². The molecule has 0 atom stereocenters. The summed E-state index contributed by atoms with van der Waals surface area (Å²) in [4.78, 5) is 9.39. The van der Waals surface area contributed by atoms with E-state index >= 15 is 0 Å². The molecule has 5 nitrogen and oxygen atoms in total. The van der Waals surface area contributed by atoms with Crippen molar-refractivity contribution in [2.75, 3.05) is 58.1 Å². The second-order valence-electron chi connectivity index (χ2n) is 9.53. The van der Waals surface area contributed by atoms with Crippen LogP contribution in [0.1, 0.15) is 31.2 Å². The van der Waals surface area contributed by atoms with E-state index in [1.165, 1.54) is 15.2 Å². The maximum atomic E-state index is 10.4. The summed E-state index contributed by atoms with van der Waals surface area (Å²) in [6.07, 6.45) is 7.24. The molecule has 0 aliphatic carbocycles. The maximum Gasteiger partial charge on any atom is 0.119 e. The Balaban J connectivity index is 1.36. The van der Waals surface area contributed by atoms with Gasteiger partial charge in [-0.05, 0) is 85.8 Å². The number of aliphatic hydroxyl groups is 1. The molecule has 1 aliphatic rings. The summed E-state index contributed by atoms with van der Waals surface area (Å²) < 4.78 is 6.89. The zero-order chi connectivity index (χ0) is 24.0. The molecule has 0 radical (unpaired) electrons. The van der Waals surface area contributed by atoms with Crippen molar-refractivity contribution >= 4 is 39.7 Å². The maximum absolute atomic E-state index is 10.4. The summed E-state index contributed by atoms with van der Waals surface area (Å²) >= 11 is 3.78. The molecule has 0 amide bonds. The molecule has 3 heterocycles. The highest BCUT2D eigenvalue weighted by atomic mass is 32.2. The third-order valence-corrected chi connectivity index (χ3v) is 9.29. The highest BCUT2D eigenvalue weighted by molar-refractivity contribution is 8.01. The fraction of sp³-hybridized carbons (Fsp3) is 0.519. The molecule has 3 aromatic rings. The third kappa shape index (κ3) is 6.06. The van der Waals surface area contributed by atoms with E-state index in [2.05, 4.69) is 52.5 Å². The molecule has 0 unspecified atom stereocenters. The first-order chi connectivity index (χ1) is 16.5. The minimum Gasteiger partial charge on any atom is -0.497 e. The van der Waals surface area contributed by atoms with Gasteiger partial charge in [-0.2, -0.15) is 0 Å². The molecule has 0 saturated carbocycles. The van der Waals surface area contributed by atoms with Gasteiger partial charge in [0.15, 0.2) is 0 Å². The van der Waals surface area contributed by atoms with Crippen LogP contribution in [-0.4, -0.2) is 68.2 Å². The lowest BCUT2D eigenvalue weighted by Gasteiger charge is -2.41. The van der Waals surface area contributed by atoms with Gasteiger partial charge in [-0.25, -0.2) is 0 Å². The lowest BCUT2D eigenvalue weighted by Crippen LogP contribution is -2.42. The lowest BCUT2D eigenvalue weighted by atomic mass is 9.75. The number of aromatic nitrogens is 1. The van der Waals surface area contributed by atoms with Gasteiger partial charge in [0.2, 0.25) is 0 Å². The van der Waals surface area contributed by atoms with Crippen LogP contribution in [0.3, 0.4) is 0 Å². The van der Waals surface area contributed by atoms with Crippen molar-refractivity contribution in [3.63, 3.8) is 0 Å². The molecule has 7 heteroatoms. The molecular formula is C27H37N3O2S2. The van der Waals surface area contributed by atoms with Crippen molar-refractivity contribution in [3.05, 3.63) is 47.5 Å². The van der Waals surface area contributed by atoms with E-state index < -0.39 is 0 Å². The van der Waals surface area contributed by atoms with Crippen LogP contribution in [0, 0.1) is 5.41 Å². The number of methoxy groups -OCH3 is 1. The number of rotatable bonds is 11. The summed E-state index contributed by atoms with van der Waals surface area (Å²) in [5, 5.41) is 13.7. The number of ether oxygens (including phenoxy) is 1. The fourth-order valence-electron chi connectivity index (χ4n) is 4.99. The van der Waals surface area contributed by atoms with Gasteiger partial charge in [0.25, 0.3) is 0 Å². The standard InChI is InChI=1S/C27H37N3O2S2/c1-29(2)25-19-28-24-9-8-21(32-3)18-23(24)22(25)6-4-10-27(20-31)11-13-30(14-12-27)15-17-34-26-7-5-16-33-26/h5,7-9,16,18-19,31H,4,6,10-15,17,20H2,1-3H3. The Bertz CT molecular complexity index is 1050. The number of benzene rings is 1. The Morgan fingerprint density at radius 2 is 2.06 bits per heavy atom. The molecule has 184 valence electrons. The van der Waals surface area contributed by atoms with Crippen LogP contribution in [-0.2, 0) is 6.42 Å². The van der Waals surface area contributed by atoms with Crippen LogP contribution >= 0.6 is 23.1 Å². The monoisotopic (exact) mass is 499 g/mol. The summed E-state index contributed by atoms with van der Waals surface area (Å²) in [5.74, 6) is 2.00. The van der Waals surface area contributed by atoms with Gasteiger partial charge >= 0.3 is 0 Å². The van der Waals surface area contributed by atoms with Gasteiger partial charge in [0.05, 0.1) is 28.7 Å². The number of thiophene rings is 1. The number of hydrogen-bond acceptors (Lipinski definition) is 7. The largest absolute Gasteiger partial charge is 0.497 e. The van der Waals surface area contributed by atoms with Crippen LogP contribution in [0.4, 0.5) is 5.69 Å². The number of aryl methyl sites for hydroxylation is 1. The van der Waals surface area contributed by atoms with Crippen molar-refractivity contribution in [1.29, 1.82) is 0 Å². The number of fused-ring (bicyclic) bond motifs is 1. The Hall–Kier alpha value is -1.80. The summed E-state index contributed by atoms with van der Waals surface area (Å²) in [6.45, 7) is 3.59. The van der Waals surface area contributed by atoms with Crippen molar-refractivity contribution in [3.8, 4) is 5.75 Å². The summed E-state index contributed by atoms with van der Waals surface area (Å²) in [7, 11) is 5.87. The smallest absolute Gasteiger partial charge is 0.119 e. The molecule has 1 aliphatic heterocycles. The van der Waals surface area contributed by atoms with E-state index in [-0.39, 0.29) is 12.0 Å². The van der Waals surface area contributed by atoms with Crippen LogP contribution in [0.25, 0.3) is 10.9 Å². The zero-order valence-corrected chi connectivity index (χ0v) is 22.3. The van der Waals surface area contributed by atoms with Crippen molar-refractivity contribution in [2.24, 2.45) is 5.41 Å². The van der Waals surface area contributed by atoms with Gasteiger partial charge in [-0.1, -0.05) is 6.07 Å². The number of likely N-dealkylation sites (tertiary alicyclic amines) is 1. The first-order valence-corrected chi connectivity index (χ1v) is 14.0. The van der Waals surface area contributed by atoms with E-state index in [0.717, 1.165) is 74.4 Å². The Morgan fingerprint density at radius 3 is 2.74 bits per heavy atom. The predicted octanol–water partition coefficient (Wildman–Crippen LogP) is 5.56. The van der Waals surface area contributed by atoms with Gasteiger partial charge < -0.3 is 19.6 Å². The number of thioether (sulfide) groups is 1. The quantitative estimate of drug-likeness (QED) is 0.349.